The number of hydrogen-bond acceptors (Lipinski definition) is 5. The average molecular weight is 401 g/mol. The van der Waals surface area contributed by atoms with Gasteiger partial charge in [0.25, 0.3) is 5.91 Å². The van der Waals surface area contributed by atoms with Gasteiger partial charge in [0, 0.05) is 21.9 Å². The van der Waals surface area contributed by atoms with Gasteiger partial charge in [-0.25, -0.2) is 0 Å². The van der Waals surface area contributed by atoms with Crippen molar-refractivity contribution in [1.29, 1.82) is 0 Å². The molecule has 2 heterocycles. The predicted molar refractivity (Wildman–Crippen MR) is 94.4 cm³/mol. The number of nitrogens with one attached hydrogen (secondary N) is 1. The molecule has 126 valence electrons. The van der Waals surface area contributed by atoms with Gasteiger partial charge in [0.2, 0.25) is 0 Å². The smallest absolute Gasteiger partial charge is 0.256 e. The van der Waals surface area contributed by atoms with Gasteiger partial charge in [-0.2, -0.15) is 0 Å². The predicted octanol–water partition coefficient (Wildman–Crippen LogP) is 3.05. The molecule has 8 heteroatoms. The highest BCUT2D eigenvalue weighted by atomic mass is 79.9. The van der Waals surface area contributed by atoms with E-state index in [1.54, 1.807) is 41.5 Å². The minimum absolute atomic E-state index is 0.238. The number of anilines is 1. The van der Waals surface area contributed by atoms with Crippen molar-refractivity contribution in [2.45, 2.75) is 0 Å². The van der Waals surface area contributed by atoms with Gasteiger partial charge in [0.15, 0.2) is 11.5 Å². The Kier molecular flexibility index (Phi) is 4.10. The van der Waals surface area contributed by atoms with Crippen molar-refractivity contribution in [2.75, 3.05) is 18.5 Å². The molecule has 4 rings (SSSR count). The van der Waals surface area contributed by atoms with Crippen LogP contribution >= 0.6 is 15.9 Å². The van der Waals surface area contributed by atoms with Gasteiger partial charge in [0.05, 0.1) is 5.56 Å². The summed E-state index contributed by atoms with van der Waals surface area (Å²) in [5, 5.41) is 10.4. The molecule has 1 aliphatic rings. The maximum Gasteiger partial charge on any atom is 0.256 e. The summed E-state index contributed by atoms with van der Waals surface area (Å²) in [6.07, 6.45) is 3.15. The Morgan fingerprint density at radius 3 is 2.60 bits per heavy atom. The molecule has 0 spiro atoms. The fourth-order valence-electron chi connectivity index (χ4n) is 2.50. The molecule has 0 fully saturated rings. The van der Waals surface area contributed by atoms with E-state index in [-0.39, 0.29) is 5.91 Å². The Morgan fingerprint density at radius 2 is 1.80 bits per heavy atom. The summed E-state index contributed by atoms with van der Waals surface area (Å²) in [5.74, 6) is 1.07. The quantitative estimate of drug-likeness (QED) is 0.730. The monoisotopic (exact) mass is 400 g/mol. The Hall–Kier alpha value is -2.87. The van der Waals surface area contributed by atoms with Crippen LogP contribution in [-0.2, 0) is 0 Å². The summed E-state index contributed by atoms with van der Waals surface area (Å²) in [5.41, 5.74) is 1.93. The summed E-state index contributed by atoms with van der Waals surface area (Å²) >= 11 is 3.42. The molecule has 1 N–H and O–H groups in total. The zero-order valence-corrected chi connectivity index (χ0v) is 14.6. The van der Waals surface area contributed by atoms with Crippen LogP contribution in [0.15, 0.2) is 53.5 Å². The van der Waals surface area contributed by atoms with Crippen LogP contribution in [0.3, 0.4) is 0 Å². The van der Waals surface area contributed by atoms with Crippen LogP contribution in [0.25, 0.3) is 5.69 Å². The summed E-state index contributed by atoms with van der Waals surface area (Å²) in [7, 11) is 0. The van der Waals surface area contributed by atoms with Crippen molar-refractivity contribution in [2.24, 2.45) is 0 Å². The SMILES string of the molecule is O=C(Nc1ccc2c(c1)OCCO2)c1cc(-n2cnnc2)ccc1Br. The first-order valence-electron chi connectivity index (χ1n) is 7.56. The van der Waals surface area contributed by atoms with E-state index in [1.165, 1.54) is 0 Å². The van der Waals surface area contributed by atoms with Crippen molar-refractivity contribution in [3.05, 3.63) is 59.1 Å². The molecule has 1 aromatic heterocycles. The van der Waals surface area contributed by atoms with E-state index < -0.39 is 0 Å². The number of hydrogen-bond donors (Lipinski definition) is 1. The van der Waals surface area contributed by atoms with Crippen molar-refractivity contribution in [3.8, 4) is 17.2 Å². The number of fused-ring (bicyclic) bond motifs is 1. The molecular weight excluding hydrogens is 388 g/mol. The van der Waals surface area contributed by atoms with Gasteiger partial charge >= 0.3 is 0 Å². The first kappa shape index (κ1) is 15.6. The molecule has 25 heavy (non-hydrogen) atoms. The summed E-state index contributed by atoms with van der Waals surface area (Å²) in [6, 6.07) is 10.8. The van der Waals surface area contributed by atoms with E-state index in [1.807, 2.05) is 12.1 Å². The van der Waals surface area contributed by atoms with Gasteiger partial charge in [-0.3, -0.25) is 9.36 Å². The van der Waals surface area contributed by atoms with E-state index in [4.69, 9.17) is 9.47 Å². The molecule has 0 saturated heterocycles. The lowest BCUT2D eigenvalue weighted by Gasteiger charge is -2.19. The van der Waals surface area contributed by atoms with E-state index in [0.717, 1.165) is 5.69 Å². The molecule has 0 aliphatic carbocycles. The third-order valence-corrected chi connectivity index (χ3v) is 4.40. The Labute approximate surface area is 151 Å². The standard InChI is InChI=1S/C17H13BrN4O3/c18-14-3-2-12(22-9-19-20-10-22)8-13(14)17(23)21-11-1-4-15-16(7-11)25-6-5-24-15/h1-4,7-10H,5-6H2,(H,21,23). The van der Waals surface area contributed by atoms with Crippen LogP contribution in [-0.4, -0.2) is 33.9 Å². The topological polar surface area (TPSA) is 78.3 Å². The molecular formula is C17H13BrN4O3. The number of nitrogens with zero attached hydrogens (tertiary/aromatic N) is 3. The number of carbonyl (C=O) groups excluding carboxylic acids is 1. The minimum atomic E-state index is -0.238. The fourth-order valence-corrected chi connectivity index (χ4v) is 2.93. The molecule has 0 saturated carbocycles. The Morgan fingerprint density at radius 1 is 1.04 bits per heavy atom. The van der Waals surface area contributed by atoms with E-state index >= 15 is 0 Å². The van der Waals surface area contributed by atoms with Crippen LogP contribution in [0.4, 0.5) is 5.69 Å². The number of carbonyl (C=O) groups is 1. The number of amides is 1. The highest BCUT2D eigenvalue weighted by molar-refractivity contribution is 9.10. The van der Waals surface area contributed by atoms with Crippen LogP contribution in [0.5, 0.6) is 11.5 Å². The highest BCUT2D eigenvalue weighted by Gasteiger charge is 2.15. The molecule has 7 nitrogen and oxygen atoms in total. The van der Waals surface area contributed by atoms with Crippen LogP contribution < -0.4 is 14.8 Å². The first-order valence-corrected chi connectivity index (χ1v) is 8.35. The summed E-state index contributed by atoms with van der Waals surface area (Å²) in [4.78, 5) is 12.7. The Bertz CT molecular complexity index is 928. The van der Waals surface area contributed by atoms with E-state index in [2.05, 4.69) is 31.4 Å². The highest BCUT2D eigenvalue weighted by Crippen LogP contribution is 2.33. The van der Waals surface area contributed by atoms with Crippen LogP contribution in [0, 0.1) is 0 Å². The molecule has 0 radical (unpaired) electrons. The molecule has 3 aromatic rings. The molecule has 0 bridgehead atoms. The number of halogens is 1. The molecule has 1 aliphatic heterocycles. The van der Waals surface area contributed by atoms with Crippen molar-refractivity contribution in [1.82, 2.24) is 14.8 Å². The van der Waals surface area contributed by atoms with Crippen LogP contribution in [0.2, 0.25) is 0 Å². The maximum atomic E-state index is 12.7. The second-order valence-electron chi connectivity index (χ2n) is 5.35. The third kappa shape index (κ3) is 3.20. The largest absolute Gasteiger partial charge is 0.486 e. The zero-order valence-electron chi connectivity index (χ0n) is 13.0. The zero-order chi connectivity index (χ0) is 17.2. The normalized spacial score (nSPS) is 12.7. The lowest BCUT2D eigenvalue weighted by atomic mass is 10.1. The van der Waals surface area contributed by atoms with Crippen molar-refractivity contribution in [3.63, 3.8) is 0 Å². The molecule has 1 amide bonds. The number of rotatable bonds is 3. The number of aromatic nitrogens is 3. The summed E-state index contributed by atoms with van der Waals surface area (Å²) in [6.45, 7) is 1.03. The lowest BCUT2D eigenvalue weighted by Crippen LogP contribution is -2.16. The van der Waals surface area contributed by atoms with Gasteiger partial charge < -0.3 is 14.8 Å². The van der Waals surface area contributed by atoms with E-state index in [9.17, 15) is 4.79 Å². The first-order chi connectivity index (χ1) is 12.2. The van der Waals surface area contributed by atoms with Gasteiger partial charge in [-0.1, -0.05) is 0 Å². The van der Waals surface area contributed by atoms with Crippen molar-refractivity contribution >= 4 is 27.5 Å². The number of ether oxygens (including phenoxy) is 2. The second kappa shape index (κ2) is 6.56. The average Bonchev–Trinajstić information content (AvgIpc) is 3.16. The van der Waals surface area contributed by atoms with E-state index in [0.29, 0.717) is 40.4 Å². The van der Waals surface area contributed by atoms with Crippen molar-refractivity contribution < 1.29 is 14.3 Å². The number of benzene rings is 2. The third-order valence-electron chi connectivity index (χ3n) is 3.71. The van der Waals surface area contributed by atoms with Gasteiger partial charge in [-0.05, 0) is 46.3 Å². The maximum absolute atomic E-state index is 12.7. The fraction of sp³-hybridized carbons (Fsp3) is 0.118. The molecule has 0 unspecified atom stereocenters. The molecule has 2 aromatic carbocycles. The Balaban J connectivity index is 1.60. The summed E-state index contributed by atoms with van der Waals surface area (Å²) < 4.78 is 13.4. The van der Waals surface area contributed by atoms with Gasteiger partial charge in [0.1, 0.15) is 25.9 Å². The van der Waals surface area contributed by atoms with Crippen LogP contribution in [0.1, 0.15) is 10.4 Å². The second-order valence-corrected chi connectivity index (χ2v) is 6.20. The molecule has 0 atom stereocenters. The van der Waals surface area contributed by atoms with Gasteiger partial charge in [-0.15, -0.1) is 10.2 Å². The minimum Gasteiger partial charge on any atom is -0.486 e. The lowest BCUT2D eigenvalue weighted by molar-refractivity contribution is 0.102.